The van der Waals surface area contributed by atoms with Crippen LogP contribution in [0.25, 0.3) is 0 Å². The number of sulfonamides is 1. The summed E-state index contributed by atoms with van der Waals surface area (Å²) in [5, 5.41) is 14.8. The zero-order valence-corrected chi connectivity index (χ0v) is 19.1. The highest BCUT2D eigenvalue weighted by atomic mass is 35.5. The van der Waals surface area contributed by atoms with Crippen LogP contribution in [-0.2, 0) is 14.8 Å². The van der Waals surface area contributed by atoms with Crippen molar-refractivity contribution < 1.29 is 18.1 Å². The van der Waals surface area contributed by atoms with Crippen molar-refractivity contribution in [3.8, 4) is 0 Å². The molecule has 0 radical (unpaired) electrons. The lowest BCUT2D eigenvalue weighted by Gasteiger charge is -2.24. The van der Waals surface area contributed by atoms with Gasteiger partial charge in [0.1, 0.15) is 6.54 Å². The molecule has 0 aliphatic carbocycles. The summed E-state index contributed by atoms with van der Waals surface area (Å²) in [6.45, 7) is -0.590. The molecule has 0 saturated carbocycles. The van der Waals surface area contributed by atoms with Gasteiger partial charge in [-0.15, -0.1) is 0 Å². The first-order chi connectivity index (χ1) is 15.7. The lowest BCUT2D eigenvalue weighted by Crippen LogP contribution is -2.39. The molecule has 0 aliphatic heterocycles. The molecule has 0 aromatic heterocycles. The number of carbonyl (C=O) groups is 1. The van der Waals surface area contributed by atoms with Gasteiger partial charge >= 0.3 is 0 Å². The Balaban J connectivity index is 1.81. The van der Waals surface area contributed by atoms with E-state index in [2.05, 4.69) is 10.5 Å². The van der Waals surface area contributed by atoms with E-state index < -0.39 is 27.4 Å². The topological polar surface area (TPSA) is 122 Å². The number of non-ortho nitro benzene ring substituents is 1. The van der Waals surface area contributed by atoms with E-state index in [0.29, 0.717) is 5.56 Å². The Morgan fingerprint density at radius 2 is 1.70 bits per heavy atom. The van der Waals surface area contributed by atoms with Crippen LogP contribution in [0, 0.1) is 10.1 Å². The van der Waals surface area contributed by atoms with Crippen LogP contribution in [0.5, 0.6) is 0 Å². The largest absolute Gasteiger partial charge is 0.271 e. The van der Waals surface area contributed by atoms with Crippen molar-refractivity contribution in [1.82, 2.24) is 5.43 Å². The zero-order valence-electron chi connectivity index (χ0n) is 16.8. The Hall–Kier alpha value is -3.47. The first kappa shape index (κ1) is 24.2. The number of nitrogens with one attached hydrogen (secondary N) is 1. The SMILES string of the molecule is O=C(CN(c1ccc(Cl)c(Cl)c1)S(=O)(=O)c1ccccc1)N/N=C\c1ccc([N+](=O)[O-])cc1. The molecule has 3 aromatic carbocycles. The third-order valence-electron chi connectivity index (χ3n) is 4.32. The van der Waals surface area contributed by atoms with E-state index in [0.717, 1.165) is 4.31 Å². The molecule has 3 aromatic rings. The van der Waals surface area contributed by atoms with Crippen molar-refractivity contribution in [3.05, 3.63) is 98.5 Å². The van der Waals surface area contributed by atoms with Crippen molar-refractivity contribution in [2.75, 3.05) is 10.8 Å². The Morgan fingerprint density at radius 3 is 2.30 bits per heavy atom. The third kappa shape index (κ3) is 6.07. The summed E-state index contributed by atoms with van der Waals surface area (Å²) in [6.07, 6.45) is 1.27. The minimum atomic E-state index is -4.11. The van der Waals surface area contributed by atoms with Gasteiger partial charge in [0, 0.05) is 12.1 Å². The van der Waals surface area contributed by atoms with Crippen LogP contribution in [0.1, 0.15) is 5.56 Å². The van der Waals surface area contributed by atoms with E-state index in [1.807, 2.05) is 0 Å². The maximum Gasteiger partial charge on any atom is 0.269 e. The first-order valence-corrected chi connectivity index (χ1v) is 11.5. The first-order valence-electron chi connectivity index (χ1n) is 9.27. The Kier molecular flexibility index (Phi) is 7.64. The quantitative estimate of drug-likeness (QED) is 0.278. The maximum atomic E-state index is 13.2. The van der Waals surface area contributed by atoms with E-state index in [4.69, 9.17) is 23.2 Å². The smallest absolute Gasteiger partial charge is 0.269 e. The highest BCUT2D eigenvalue weighted by Gasteiger charge is 2.27. The second-order valence-electron chi connectivity index (χ2n) is 6.56. The number of benzene rings is 3. The zero-order chi connectivity index (χ0) is 24.0. The van der Waals surface area contributed by atoms with Crippen molar-refractivity contribution in [3.63, 3.8) is 0 Å². The Bertz CT molecular complexity index is 1300. The van der Waals surface area contributed by atoms with Crippen LogP contribution >= 0.6 is 23.2 Å². The average molecular weight is 507 g/mol. The van der Waals surface area contributed by atoms with Crippen molar-refractivity contribution in [1.29, 1.82) is 0 Å². The van der Waals surface area contributed by atoms with Gasteiger partial charge in [-0.25, -0.2) is 13.8 Å². The monoisotopic (exact) mass is 506 g/mol. The van der Waals surface area contributed by atoms with Gasteiger partial charge in [-0.3, -0.25) is 19.2 Å². The molecule has 1 N–H and O–H groups in total. The van der Waals surface area contributed by atoms with Crippen molar-refractivity contribution in [2.45, 2.75) is 4.90 Å². The molecule has 170 valence electrons. The fourth-order valence-electron chi connectivity index (χ4n) is 2.70. The molecule has 0 atom stereocenters. The lowest BCUT2D eigenvalue weighted by atomic mass is 10.2. The van der Waals surface area contributed by atoms with E-state index in [1.165, 1.54) is 60.8 Å². The summed E-state index contributed by atoms with van der Waals surface area (Å²) < 4.78 is 27.3. The molecule has 0 unspecified atom stereocenters. The molecule has 0 heterocycles. The van der Waals surface area contributed by atoms with Crippen LogP contribution < -0.4 is 9.73 Å². The van der Waals surface area contributed by atoms with Gasteiger partial charge in [0.25, 0.3) is 21.6 Å². The summed E-state index contributed by atoms with van der Waals surface area (Å²) in [5.74, 6) is -0.723. The molecule has 33 heavy (non-hydrogen) atoms. The van der Waals surface area contributed by atoms with Crippen LogP contribution in [0.4, 0.5) is 11.4 Å². The fourth-order valence-corrected chi connectivity index (χ4v) is 4.43. The predicted molar refractivity (Wildman–Crippen MR) is 126 cm³/mol. The van der Waals surface area contributed by atoms with Gasteiger partial charge in [-0.2, -0.15) is 5.10 Å². The highest BCUT2D eigenvalue weighted by Crippen LogP contribution is 2.30. The number of nitro groups is 1. The number of hydrazone groups is 1. The number of hydrogen-bond donors (Lipinski definition) is 1. The second kappa shape index (κ2) is 10.4. The second-order valence-corrected chi connectivity index (χ2v) is 9.24. The Labute approximate surface area is 199 Å². The molecule has 12 heteroatoms. The molecule has 0 bridgehead atoms. The molecule has 0 spiro atoms. The number of nitro benzene ring substituents is 1. The Morgan fingerprint density at radius 1 is 1.03 bits per heavy atom. The van der Waals surface area contributed by atoms with Crippen molar-refractivity contribution in [2.24, 2.45) is 5.10 Å². The van der Waals surface area contributed by atoms with Crippen LogP contribution in [0.2, 0.25) is 10.0 Å². The number of rotatable bonds is 8. The van der Waals surface area contributed by atoms with Gasteiger partial charge in [-0.05, 0) is 48.0 Å². The van der Waals surface area contributed by atoms with Gasteiger partial charge in [0.2, 0.25) is 0 Å². The van der Waals surface area contributed by atoms with E-state index in [-0.39, 0.29) is 26.3 Å². The summed E-state index contributed by atoms with van der Waals surface area (Å²) in [7, 11) is -4.11. The number of halogens is 2. The van der Waals surface area contributed by atoms with Gasteiger partial charge in [-0.1, -0.05) is 41.4 Å². The van der Waals surface area contributed by atoms with Gasteiger partial charge in [0.05, 0.1) is 31.8 Å². The molecule has 0 fully saturated rings. The molecule has 0 aliphatic rings. The number of anilines is 1. The number of amides is 1. The molecule has 0 saturated heterocycles. The van der Waals surface area contributed by atoms with E-state index in [9.17, 15) is 23.3 Å². The van der Waals surface area contributed by atoms with Crippen LogP contribution in [-0.4, -0.2) is 32.0 Å². The van der Waals surface area contributed by atoms with E-state index in [1.54, 1.807) is 18.2 Å². The average Bonchev–Trinajstić information content (AvgIpc) is 2.80. The molecular formula is C21H16Cl2N4O5S. The summed E-state index contributed by atoms with van der Waals surface area (Å²) in [4.78, 5) is 22.7. The summed E-state index contributed by atoms with van der Waals surface area (Å²) in [6, 6.07) is 17.3. The van der Waals surface area contributed by atoms with Crippen molar-refractivity contribution >= 4 is 56.7 Å². The molecule has 3 rings (SSSR count). The molecular weight excluding hydrogens is 491 g/mol. The van der Waals surface area contributed by atoms with E-state index >= 15 is 0 Å². The number of nitrogens with zero attached hydrogens (tertiary/aromatic N) is 3. The van der Waals surface area contributed by atoms with Gasteiger partial charge in [0.15, 0.2) is 0 Å². The predicted octanol–water partition coefficient (Wildman–Crippen LogP) is 4.25. The molecule has 9 nitrogen and oxygen atoms in total. The highest BCUT2D eigenvalue weighted by molar-refractivity contribution is 7.92. The molecule has 1 amide bonds. The summed E-state index contributed by atoms with van der Waals surface area (Å²) >= 11 is 12.0. The maximum absolute atomic E-state index is 13.2. The fraction of sp³-hybridized carbons (Fsp3) is 0.0476. The number of carbonyl (C=O) groups excluding carboxylic acids is 1. The number of hydrogen-bond acceptors (Lipinski definition) is 6. The van der Waals surface area contributed by atoms with Crippen LogP contribution in [0.3, 0.4) is 0 Å². The van der Waals surface area contributed by atoms with Crippen LogP contribution in [0.15, 0.2) is 82.8 Å². The summed E-state index contributed by atoms with van der Waals surface area (Å²) in [5.41, 5.74) is 2.81. The minimum Gasteiger partial charge on any atom is -0.271 e. The lowest BCUT2D eigenvalue weighted by molar-refractivity contribution is -0.384. The third-order valence-corrected chi connectivity index (χ3v) is 6.84. The normalized spacial score (nSPS) is 11.3. The standard InChI is InChI=1S/C21H16Cl2N4O5S/c22-19-11-10-17(12-20(19)23)26(33(31,32)18-4-2-1-3-5-18)14-21(28)25-24-13-15-6-8-16(9-7-15)27(29)30/h1-13H,14H2,(H,25,28)/b24-13-. The van der Waals surface area contributed by atoms with Gasteiger partial charge < -0.3 is 0 Å². The minimum absolute atomic E-state index is 0.0155.